The molecule has 0 saturated carbocycles. The number of nitrogens with zero attached hydrogens (tertiary/aromatic N) is 1. The number of hydrogen-bond donors (Lipinski definition) is 1. The molecule has 3 rings (SSSR count). The second-order valence-corrected chi connectivity index (χ2v) is 6.82. The van der Waals surface area contributed by atoms with Crippen molar-refractivity contribution in [3.63, 3.8) is 0 Å². The second-order valence-electron chi connectivity index (χ2n) is 4.13. The minimum Gasteiger partial charge on any atom is -0.399 e. The van der Waals surface area contributed by atoms with Gasteiger partial charge in [-0.05, 0) is 35.9 Å². The second kappa shape index (κ2) is 5.41. The molecule has 0 unspecified atom stereocenters. The Labute approximate surface area is 124 Å². The van der Waals surface area contributed by atoms with Crippen LogP contribution in [0, 0.1) is 0 Å². The first-order valence-electron chi connectivity index (χ1n) is 5.74. The maximum atomic E-state index is 5.97. The van der Waals surface area contributed by atoms with E-state index in [0.717, 1.165) is 31.0 Å². The van der Waals surface area contributed by atoms with Crippen LogP contribution in [-0.2, 0) is 5.75 Å². The van der Waals surface area contributed by atoms with Crippen molar-refractivity contribution < 1.29 is 0 Å². The zero-order chi connectivity index (χ0) is 13.2. The molecule has 0 spiro atoms. The topological polar surface area (TPSA) is 38.9 Å². The molecular formula is C14H11ClN2S2. The molecule has 2 aromatic carbocycles. The van der Waals surface area contributed by atoms with Gasteiger partial charge in [0.2, 0.25) is 0 Å². The maximum Gasteiger partial charge on any atom is 0.151 e. The summed E-state index contributed by atoms with van der Waals surface area (Å²) >= 11 is 9.37. The van der Waals surface area contributed by atoms with E-state index >= 15 is 0 Å². The zero-order valence-electron chi connectivity index (χ0n) is 9.97. The van der Waals surface area contributed by atoms with Crippen LogP contribution in [0.15, 0.2) is 46.8 Å². The van der Waals surface area contributed by atoms with Gasteiger partial charge in [-0.2, -0.15) is 0 Å². The van der Waals surface area contributed by atoms with E-state index in [4.69, 9.17) is 17.3 Å². The molecule has 0 amide bonds. The maximum absolute atomic E-state index is 5.97. The Hall–Kier alpha value is -1.23. The van der Waals surface area contributed by atoms with Crippen molar-refractivity contribution in [3.8, 4) is 0 Å². The number of benzene rings is 2. The number of anilines is 1. The number of nitrogens with two attached hydrogens (primary N) is 1. The van der Waals surface area contributed by atoms with Crippen molar-refractivity contribution in [2.24, 2.45) is 0 Å². The Balaban J connectivity index is 1.78. The number of hydrogen-bond acceptors (Lipinski definition) is 4. The molecule has 2 nitrogen and oxygen atoms in total. The predicted molar refractivity (Wildman–Crippen MR) is 85.0 cm³/mol. The van der Waals surface area contributed by atoms with Gasteiger partial charge in [0, 0.05) is 16.5 Å². The lowest BCUT2D eigenvalue weighted by Gasteiger charge is -1.99. The van der Waals surface area contributed by atoms with E-state index in [1.54, 1.807) is 23.1 Å². The summed E-state index contributed by atoms with van der Waals surface area (Å²) in [7, 11) is 0. The minimum atomic E-state index is 0.773. The van der Waals surface area contributed by atoms with E-state index in [-0.39, 0.29) is 0 Å². The first kappa shape index (κ1) is 12.8. The highest BCUT2D eigenvalue weighted by atomic mass is 35.5. The van der Waals surface area contributed by atoms with Gasteiger partial charge in [0.1, 0.15) is 0 Å². The van der Waals surface area contributed by atoms with Gasteiger partial charge in [0.25, 0.3) is 0 Å². The van der Waals surface area contributed by atoms with Gasteiger partial charge in [-0.15, -0.1) is 11.3 Å². The summed E-state index contributed by atoms with van der Waals surface area (Å²) < 4.78 is 2.19. The van der Waals surface area contributed by atoms with Crippen molar-refractivity contribution in [1.82, 2.24) is 4.98 Å². The summed E-state index contributed by atoms with van der Waals surface area (Å²) in [6, 6.07) is 13.7. The van der Waals surface area contributed by atoms with Crippen LogP contribution in [0.1, 0.15) is 5.56 Å². The molecule has 3 aromatic rings. The number of fused-ring (bicyclic) bond motifs is 1. The van der Waals surface area contributed by atoms with Crippen LogP contribution >= 0.6 is 34.7 Å². The fourth-order valence-corrected chi connectivity index (χ4v) is 4.03. The van der Waals surface area contributed by atoms with Crippen molar-refractivity contribution >= 4 is 50.6 Å². The van der Waals surface area contributed by atoms with Crippen molar-refractivity contribution in [1.29, 1.82) is 0 Å². The predicted octanol–water partition coefficient (Wildman–Crippen LogP) is 4.82. The Bertz CT molecular complexity index is 724. The van der Waals surface area contributed by atoms with Gasteiger partial charge in [0.15, 0.2) is 4.34 Å². The summed E-state index contributed by atoms with van der Waals surface area (Å²) in [5.41, 5.74) is 8.76. The van der Waals surface area contributed by atoms with Crippen LogP contribution in [0.25, 0.3) is 10.2 Å². The average Bonchev–Trinajstić information content (AvgIpc) is 2.78. The molecule has 1 aromatic heterocycles. The highest BCUT2D eigenvalue weighted by Gasteiger charge is 2.05. The van der Waals surface area contributed by atoms with Gasteiger partial charge in [-0.25, -0.2) is 4.98 Å². The highest BCUT2D eigenvalue weighted by molar-refractivity contribution is 8.00. The van der Waals surface area contributed by atoms with Crippen LogP contribution < -0.4 is 5.73 Å². The molecule has 0 saturated heterocycles. The third kappa shape index (κ3) is 3.03. The summed E-state index contributed by atoms with van der Waals surface area (Å²) in [6.45, 7) is 0. The number of rotatable bonds is 3. The smallest absolute Gasteiger partial charge is 0.151 e. The van der Waals surface area contributed by atoms with Crippen molar-refractivity contribution in [3.05, 3.63) is 53.1 Å². The molecule has 96 valence electrons. The molecule has 0 bridgehead atoms. The van der Waals surface area contributed by atoms with Gasteiger partial charge in [0.05, 0.1) is 10.2 Å². The quantitative estimate of drug-likeness (QED) is 0.557. The Morgan fingerprint density at radius 2 is 2.11 bits per heavy atom. The molecule has 0 fully saturated rings. The summed E-state index contributed by atoms with van der Waals surface area (Å²) in [4.78, 5) is 4.58. The first-order chi connectivity index (χ1) is 9.20. The van der Waals surface area contributed by atoms with E-state index in [2.05, 4.69) is 11.1 Å². The number of nitrogen functional groups attached to an aromatic ring is 1. The average molecular weight is 307 g/mol. The zero-order valence-corrected chi connectivity index (χ0v) is 12.4. The van der Waals surface area contributed by atoms with Crippen LogP contribution in [0.3, 0.4) is 0 Å². The van der Waals surface area contributed by atoms with Gasteiger partial charge in [-0.3, -0.25) is 0 Å². The third-order valence-corrected chi connectivity index (χ3v) is 5.11. The first-order valence-corrected chi connectivity index (χ1v) is 7.92. The monoisotopic (exact) mass is 306 g/mol. The molecule has 5 heteroatoms. The summed E-state index contributed by atoms with van der Waals surface area (Å²) in [6.07, 6.45) is 0. The van der Waals surface area contributed by atoms with Crippen molar-refractivity contribution in [2.75, 3.05) is 5.73 Å². The molecule has 0 atom stereocenters. The molecule has 0 aliphatic heterocycles. The Kier molecular flexibility index (Phi) is 3.64. The normalized spacial score (nSPS) is 11.0. The summed E-state index contributed by atoms with van der Waals surface area (Å²) in [5, 5.41) is 0.773. The van der Waals surface area contributed by atoms with Crippen LogP contribution in [0.4, 0.5) is 5.69 Å². The van der Waals surface area contributed by atoms with Crippen LogP contribution in [0.2, 0.25) is 5.02 Å². The van der Waals surface area contributed by atoms with Crippen molar-refractivity contribution in [2.45, 2.75) is 10.1 Å². The molecule has 0 aliphatic carbocycles. The largest absolute Gasteiger partial charge is 0.399 e. The molecule has 0 aliphatic rings. The van der Waals surface area contributed by atoms with Crippen LogP contribution in [0.5, 0.6) is 0 Å². The van der Waals surface area contributed by atoms with Gasteiger partial charge in [-0.1, -0.05) is 35.5 Å². The minimum absolute atomic E-state index is 0.773. The summed E-state index contributed by atoms with van der Waals surface area (Å²) in [5.74, 6) is 0.871. The lowest BCUT2D eigenvalue weighted by molar-refractivity contribution is 1.29. The number of thiazole rings is 1. The SMILES string of the molecule is Nc1ccc2nc(SCc3cccc(Cl)c3)sc2c1. The van der Waals surface area contributed by atoms with Gasteiger partial charge < -0.3 is 5.73 Å². The molecule has 2 N–H and O–H groups in total. The molecular weight excluding hydrogens is 296 g/mol. The number of halogens is 1. The van der Waals surface area contributed by atoms with E-state index in [9.17, 15) is 0 Å². The molecule has 0 radical (unpaired) electrons. The number of aromatic nitrogens is 1. The Morgan fingerprint density at radius 1 is 1.21 bits per heavy atom. The lowest BCUT2D eigenvalue weighted by Crippen LogP contribution is -1.81. The van der Waals surface area contributed by atoms with E-state index in [0.29, 0.717) is 0 Å². The lowest BCUT2D eigenvalue weighted by atomic mass is 10.2. The van der Waals surface area contributed by atoms with E-state index in [1.165, 1.54) is 5.56 Å². The Morgan fingerprint density at radius 3 is 2.95 bits per heavy atom. The van der Waals surface area contributed by atoms with Gasteiger partial charge >= 0.3 is 0 Å². The van der Waals surface area contributed by atoms with Crippen LogP contribution in [-0.4, -0.2) is 4.98 Å². The fraction of sp³-hybridized carbons (Fsp3) is 0.0714. The third-order valence-electron chi connectivity index (χ3n) is 2.64. The van der Waals surface area contributed by atoms with E-state index in [1.807, 2.05) is 36.4 Å². The fourth-order valence-electron chi connectivity index (χ4n) is 1.75. The number of thioether (sulfide) groups is 1. The molecule has 1 heterocycles. The van der Waals surface area contributed by atoms with E-state index < -0.39 is 0 Å². The molecule has 19 heavy (non-hydrogen) atoms. The standard InChI is InChI=1S/C14H11ClN2S2/c15-10-3-1-2-9(6-10)8-18-14-17-12-5-4-11(16)7-13(12)19-14/h1-7H,8,16H2. The highest BCUT2D eigenvalue weighted by Crippen LogP contribution is 2.32.